The lowest BCUT2D eigenvalue weighted by molar-refractivity contribution is -0.129. The highest BCUT2D eigenvalue weighted by molar-refractivity contribution is 5.87. The number of rotatable bonds is 3. The molecule has 2 aromatic carbocycles. The van der Waals surface area contributed by atoms with Crippen molar-refractivity contribution in [3.63, 3.8) is 0 Å². The largest absolute Gasteiger partial charge is 0.398 e. The predicted molar refractivity (Wildman–Crippen MR) is 84.5 cm³/mol. The molecule has 1 aliphatic heterocycles. The second kappa shape index (κ2) is 5.48. The molecule has 1 saturated heterocycles. The summed E-state index contributed by atoms with van der Waals surface area (Å²) in [5, 5.41) is 0. The average Bonchev–Trinajstić information content (AvgIpc) is 2.83. The number of nitrogens with zero attached hydrogens (tertiary/aromatic N) is 1. The SMILES string of the molecule is Nc1ccccc1CN1CCC(c2ccccc2N)C1=O. The van der Waals surface area contributed by atoms with E-state index in [2.05, 4.69) is 0 Å². The van der Waals surface area contributed by atoms with Gasteiger partial charge in [-0.25, -0.2) is 0 Å². The van der Waals surface area contributed by atoms with Gasteiger partial charge in [0.15, 0.2) is 0 Å². The highest BCUT2D eigenvalue weighted by atomic mass is 16.2. The zero-order valence-electron chi connectivity index (χ0n) is 11.8. The summed E-state index contributed by atoms with van der Waals surface area (Å²) in [6.07, 6.45) is 0.805. The first-order valence-corrected chi connectivity index (χ1v) is 7.13. The van der Waals surface area contributed by atoms with E-state index in [-0.39, 0.29) is 11.8 Å². The third kappa shape index (κ3) is 2.57. The van der Waals surface area contributed by atoms with Crippen LogP contribution in [0.1, 0.15) is 23.5 Å². The minimum absolute atomic E-state index is 0.129. The molecular weight excluding hydrogens is 262 g/mol. The van der Waals surface area contributed by atoms with E-state index in [9.17, 15) is 4.79 Å². The molecule has 0 aromatic heterocycles. The van der Waals surface area contributed by atoms with Crippen molar-refractivity contribution in [2.45, 2.75) is 18.9 Å². The third-order valence-electron chi connectivity index (χ3n) is 4.09. The second-order valence-electron chi connectivity index (χ2n) is 5.43. The standard InChI is InChI=1S/C17H19N3O/c18-15-7-3-1-5-12(15)11-20-10-9-14(17(20)21)13-6-2-4-8-16(13)19/h1-8,14H,9-11,18-19H2. The molecule has 21 heavy (non-hydrogen) atoms. The van der Waals surface area contributed by atoms with Gasteiger partial charge in [-0.1, -0.05) is 36.4 Å². The van der Waals surface area contributed by atoms with Crippen LogP contribution in [0.25, 0.3) is 0 Å². The van der Waals surface area contributed by atoms with Crippen LogP contribution in [0.5, 0.6) is 0 Å². The molecular formula is C17H19N3O. The van der Waals surface area contributed by atoms with Gasteiger partial charge in [-0.2, -0.15) is 0 Å². The highest BCUT2D eigenvalue weighted by Gasteiger charge is 2.33. The van der Waals surface area contributed by atoms with E-state index in [1.807, 2.05) is 53.4 Å². The molecule has 1 fully saturated rings. The molecule has 4 nitrogen and oxygen atoms in total. The van der Waals surface area contributed by atoms with E-state index < -0.39 is 0 Å². The number of hydrogen-bond acceptors (Lipinski definition) is 3. The molecule has 1 atom stereocenters. The molecule has 1 aliphatic rings. The van der Waals surface area contributed by atoms with Crippen molar-refractivity contribution in [1.82, 2.24) is 4.90 Å². The smallest absolute Gasteiger partial charge is 0.230 e. The van der Waals surface area contributed by atoms with Crippen molar-refractivity contribution in [2.24, 2.45) is 0 Å². The molecule has 1 amide bonds. The number of hydrogen-bond donors (Lipinski definition) is 2. The van der Waals surface area contributed by atoms with Gasteiger partial charge in [0.05, 0.1) is 5.92 Å². The summed E-state index contributed by atoms with van der Waals surface area (Å²) in [4.78, 5) is 14.5. The van der Waals surface area contributed by atoms with Crippen molar-refractivity contribution in [3.8, 4) is 0 Å². The average molecular weight is 281 g/mol. The topological polar surface area (TPSA) is 72.3 Å². The van der Waals surface area contributed by atoms with Crippen LogP contribution in [0.3, 0.4) is 0 Å². The highest BCUT2D eigenvalue weighted by Crippen LogP contribution is 2.33. The number of carbonyl (C=O) groups excluding carboxylic acids is 1. The molecule has 0 spiro atoms. The summed E-state index contributed by atoms with van der Waals surface area (Å²) in [7, 11) is 0. The Labute approximate surface area is 124 Å². The Hall–Kier alpha value is -2.49. The number of likely N-dealkylation sites (tertiary alicyclic amines) is 1. The second-order valence-corrected chi connectivity index (χ2v) is 5.43. The zero-order chi connectivity index (χ0) is 14.8. The molecule has 108 valence electrons. The van der Waals surface area contributed by atoms with Gasteiger partial charge < -0.3 is 16.4 Å². The summed E-state index contributed by atoms with van der Waals surface area (Å²) in [6, 6.07) is 15.3. The molecule has 0 aliphatic carbocycles. The lowest BCUT2D eigenvalue weighted by Gasteiger charge is -2.18. The number of carbonyl (C=O) groups is 1. The fourth-order valence-electron chi connectivity index (χ4n) is 2.90. The van der Waals surface area contributed by atoms with Gasteiger partial charge in [0, 0.05) is 24.5 Å². The Bertz CT molecular complexity index is 669. The molecule has 1 unspecified atom stereocenters. The van der Waals surface area contributed by atoms with Crippen molar-refractivity contribution < 1.29 is 4.79 Å². The molecule has 1 heterocycles. The Morgan fingerprint density at radius 1 is 1.00 bits per heavy atom. The lowest BCUT2D eigenvalue weighted by atomic mass is 9.96. The third-order valence-corrected chi connectivity index (χ3v) is 4.09. The van der Waals surface area contributed by atoms with Crippen LogP contribution in [-0.4, -0.2) is 17.4 Å². The zero-order valence-corrected chi connectivity index (χ0v) is 11.8. The van der Waals surface area contributed by atoms with Gasteiger partial charge in [0.25, 0.3) is 0 Å². The van der Waals surface area contributed by atoms with Crippen LogP contribution in [0.15, 0.2) is 48.5 Å². The van der Waals surface area contributed by atoms with Gasteiger partial charge in [-0.05, 0) is 29.7 Å². The maximum atomic E-state index is 12.6. The van der Waals surface area contributed by atoms with Crippen molar-refractivity contribution in [3.05, 3.63) is 59.7 Å². The monoisotopic (exact) mass is 281 g/mol. The van der Waals surface area contributed by atoms with Crippen molar-refractivity contribution >= 4 is 17.3 Å². The van der Waals surface area contributed by atoms with Gasteiger partial charge in [0.2, 0.25) is 5.91 Å². The van der Waals surface area contributed by atoms with Crippen molar-refractivity contribution in [2.75, 3.05) is 18.0 Å². The van der Waals surface area contributed by atoms with E-state index in [1.54, 1.807) is 0 Å². The summed E-state index contributed by atoms with van der Waals surface area (Å²) in [5.74, 6) is 0.00675. The van der Waals surface area contributed by atoms with Crippen LogP contribution in [0.2, 0.25) is 0 Å². The number of amides is 1. The minimum Gasteiger partial charge on any atom is -0.398 e. The Balaban J connectivity index is 1.78. The molecule has 4 heteroatoms. The lowest BCUT2D eigenvalue weighted by Crippen LogP contribution is -2.26. The van der Waals surface area contributed by atoms with Crippen LogP contribution in [-0.2, 0) is 11.3 Å². The minimum atomic E-state index is -0.129. The fraction of sp³-hybridized carbons (Fsp3) is 0.235. The van der Waals surface area contributed by atoms with Crippen LogP contribution >= 0.6 is 0 Å². The number of para-hydroxylation sites is 2. The van der Waals surface area contributed by atoms with Gasteiger partial charge in [-0.3, -0.25) is 4.79 Å². The van der Waals surface area contributed by atoms with E-state index in [0.29, 0.717) is 12.2 Å². The molecule has 0 saturated carbocycles. The number of benzene rings is 2. The van der Waals surface area contributed by atoms with Gasteiger partial charge in [0.1, 0.15) is 0 Å². The van der Waals surface area contributed by atoms with Gasteiger partial charge >= 0.3 is 0 Å². The molecule has 4 N–H and O–H groups in total. The van der Waals surface area contributed by atoms with Crippen molar-refractivity contribution in [1.29, 1.82) is 0 Å². The molecule has 0 radical (unpaired) electrons. The van der Waals surface area contributed by atoms with Crippen LogP contribution in [0.4, 0.5) is 11.4 Å². The van der Waals surface area contributed by atoms with Gasteiger partial charge in [-0.15, -0.1) is 0 Å². The fourth-order valence-corrected chi connectivity index (χ4v) is 2.90. The maximum absolute atomic E-state index is 12.6. The number of nitrogen functional groups attached to an aromatic ring is 2. The summed E-state index contributed by atoms with van der Waals surface area (Å²) in [6.45, 7) is 1.31. The van der Waals surface area contributed by atoms with E-state index in [4.69, 9.17) is 11.5 Å². The Kier molecular flexibility index (Phi) is 3.52. The first-order valence-electron chi connectivity index (χ1n) is 7.13. The summed E-state index contributed by atoms with van der Waals surface area (Å²) in [5.41, 5.74) is 15.3. The molecule has 2 aromatic rings. The first-order chi connectivity index (χ1) is 10.2. The molecule has 3 rings (SSSR count). The first kappa shape index (κ1) is 13.5. The summed E-state index contributed by atoms with van der Waals surface area (Å²) >= 11 is 0. The number of anilines is 2. The van der Waals surface area contributed by atoms with Crippen LogP contribution in [0, 0.1) is 0 Å². The predicted octanol–water partition coefficient (Wildman–Crippen LogP) is 2.37. The molecule has 0 bridgehead atoms. The normalized spacial score (nSPS) is 18.2. The number of nitrogens with two attached hydrogens (primary N) is 2. The Morgan fingerprint density at radius 2 is 1.67 bits per heavy atom. The Morgan fingerprint density at radius 3 is 2.38 bits per heavy atom. The summed E-state index contributed by atoms with van der Waals surface area (Å²) < 4.78 is 0. The van der Waals surface area contributed by atoms with E-state index in [1.165, 1.54) is 0 Å². The van der Waals surface area contributed by atoms with Crippen LogP contribution < -0.4 is 11.5 Å². The van der Waals surface area contributed by atoms with E-state index >= 15 is 0 Å². The maximum Gasteiger partial charge on any atom is 0.230 e. The van der Waals surface area contributed by atoms with E-state index in [0.717, 1.165) is 29.8 Å². The quantitative estimate of drug-likeness (QED) is 0.848.